The Balaban J connectivity index is 2.11. The molecule has 86 valence electrons. The van der Waals surface area contributed by atoms with Gasteiger partial charge in [-0.3, -0.25) is 9.78 Å². The molecule has 1 aromatic heterocycles. The van der Waals surface area contributed by atoms with Crippen LogP contribution < -0.4 is 10.1 Å². The molecule has 0 saturated carbocycles. The van der Waals surface area contributed by atoms with E-state index in [1.54, 1.807) is 13.2 Å². The van der Waals surface area contributed by atoms with Crippen molar-refractivity contribution in [2.45, 2.75) is 25.7 Å². The molecule has 1 amide bonds. The monoisotopic (exact) mass is 220 g/mol. The lowest BCUT2D eigenvalue weighted by atomic mass is 9.95. The molecule has 2 rings (SSSR count). The maximum atomic E-state index is 11.1. The van der Waals surface area contributed by atoms with Gasteiger partial charge in [-0.1, -0.05) is 0 Å². The molecule has 0 fully saturated rings. The van der Waals surface area contributed by atoms with E-state index in [1.807, 2.05) is 6.07 Å². The van der Waals surface area contributed by atoms with E-state index in [2.05, 4.69) is 10.3 Å². The Kier molecular flexibility index (Phi) is 3.39. The number of hydrogen-bond acceptors (Lipinski definition) is 3. The van der Waals surface area contributed by atoms with Crippen LogP contribution in [0.2, 0.25) is 0 Å². The average molecular weight is 220 g/mol. The minimum Gasteiger partial charge on any atom is -0.483 e. The van der Waals surface area contributed by atoms with Crippen molar-refractivity contribution < 1.29 is 9.53 Å². The SMILES string of the molecule is CNC(=O)COc1ccnc2c1CCCC2. The van der Waals surface area contributed by atoms with Crippen LogP contribution in [0.1, 0.15) is 24.1 Å². The van der Waals surface area contributed by atoms with Crippen LogP contribution in [0, 0.1) is 0 Å². The summed E-state index contributed by atoms with van der Waals surface area (Å²) in [7, 11) is 1.60. The van der Waals surface area contributed by atoms with E-state index in [-0.39, 0.29) is 12.5 Å². The Morgan fingerprint density at radius 1 is 1.50 bits per heavy atom. The van der Waals surface area contributed by atoms with Crippen LogP contribution in [0.3, 0.4) is 0 Å². The van der Waals surface area contributed by atoms with Crippen molar-refractivity contribution >= 4 is 5.91 Å². The zero-order valence-electron chi connectivity index (χ0n) is 9.45. The van der Waals surface area contributed by atoms with Gasteiger partial charge < -0.3 is 10.1 Å². The molecule has 1 N–H and O–H groups in total. The van der Waals surface area contributed by atoms with E-state index < -0.39 is 0 Å². The summed E-state index contributed by atoms with van der Waals surface area (Å²) < 4.78 is 5.51. The molecule has 0 spiro atoms. The fourth-order valence-corrected chi connectivity index (χ4v) is 1.94. The number of aromatic nitrogens is 1. The topological polar surface area (TPSA) is 51.2 Å². The normalized spacial score (nSPS) is 14.1. The number of carbonyl (C=O) groups is 1. The standard InChI is InChI=1S/C12H16N2O2/c1-13-12(15)8-16-11-6-7-14-10-5-3-2-4-9(10)11/h6-7H,2-5,8H2,1H3,(H,13,15). The van der Waals surface area contributed by atoms with Crippen LogP contribution in [-0.2, 0) is 17.6 Å². The lowest BCUT2D eigenvalue weighted by Crippen LogP contribution is -2.25. The zero-order valence-corrected chi connectivity index (χ0v) is 9.45. The van der Waals surface area contributed by atoms with Gasteiger partial charge in [0, 0.05) is 24.5 Å². The molecule has 0 aliphatic heterocycles. The molecule has 1 aliphatic rings. The summed E-state index contributed by atoms with van der Waals surface area (Å²) in [4.78, 5) is 15.4. The van der Waals surface area contributed by atoms with Crippen LogP contribution in [0.5, 0.6) is 5.75 Å². The van der Waals surface area contributed by atoms with Crippen molar-refractivity contribution in [3.63, 3.8) is 0 Å². The molecule has 0 radical (unpaired) electrons. The first-order valence-electron chi connectivity index (χ1n) is 5.61. The maximum Gasteiger partial charge on any atom is 0.257 e. The summed E-state index contributed by atoms with van der Waals surface area (Å²) >= 11 is 0. The molecule has 1 aromatic rings. The number of aryl methyl sites for hydroxylation is 1. The number of nitrogens with one attached hydrogen (secondary N) is 1. The molecular formula is C12H16N2O2. The van der Waals surface area contributed by atoms with E-state index >= 15 is 0 Å². The predicted molar refractivity (Wildman–Crippen MR) is 60.4 cm³/mol. The number of fused-ring (bicyclic) bond motifs is 1. The van der Waals surface area contributed by atoms with Crippen molar-refractivity contribution in [1.29, 1.82) is 0 Å². The average Bonchev–Trinajstić information content (AvgIpc) is 2.35. The third kappa shape index (κ3) is 2.32. The molecule has 0 aromatic carbocycles. The van der Waals surface area contributed by atoms with Crippen LogP contribution in [-0.4, -0.2) is 24.5 Å². The van der Waals surface area contributed by atoms with Gasteiger partial charge in [0.05, 0.1) is 0 Å². The van der Waals surface area contributed by atoms with Gasteiger partial charge in [0.15, 0.2) is 6.61 Å². The zero-order chi connectivity index (χ0) is 11.4. The molecular weight excluding hydrogens is 204 g/mol. The van der Waals surface area contributed by atoms with Gasteiger partial charge in [-0.15, -0.1) is 0 Å². The Morgan fingerprint density at radius 2 is 2.31 bits per heavy atom. The van der Waals surface area contributed by atoms with Crippen molar-refractivity contribution in [1.82, 2.24) is 10.3 Å². The summed E-state index contributed by atoms with van der Waals surface area (Å²) in [5.41, 5.74) is 2.30. The highest BCUT2D eigenvalue weighted by molar-refractivity contribution is 5.77. The number of hydrogen-bond donors (Lipinski definition) is 1. The number of pyridine rings is 1. The van der Waals surface area contributed by atoms with Crippen molar-refractivity contribution in [2.24, 2.45) is 0 Å². The van der Waals surface area contributed by atoms with Crippen LogP contribution >= 0.6 is 0 Å². The minimum absolute atomic E-state index is 0.0763. The summed E-state index contributed by atoms with van der Waals surface area (Å²) in [5.74, 6) is 0.703. The van der Waals surface area contributed by atoms with E-state index in [9.17, 15) is 4.79 Å². The third-order valence-corrected chi connectivity index (χ3v) is 2.83. The predicted octanol–water partition coefficient (Wildman–Crippen LogP) is 1.09. The number of amides is 1. The lowest BCUT2D eigenvalue weighted by molar-refractivity contribution is -0.122. The Bertz CT molecular complexity index is 391. The number of carbonyl (C=O) groups excluding carboxylic acids is 1. The Morgan fingerprint density at radius 3 is 3.12 bits per heavy atom. The lowest BCUT2D eigenvalue weighted by Gasteiger charge is -2.18. The fraction of sp³-hybridized carbons (Fsp3) is 0.500. The van der Waals surface area contributed by atoms with Gasteiger partial charge in [0.2, 0.25) is 0 Å². The van der Waals surface area contributed by atoms with Gasteiger partial charge in [-0.25, -0.2) is 0 Å². The molecule has 16 heavy (non-hydrogen) atoms. The van der Waals surface area contributed by atoms with Gasteiger partial charge >= 0.3 is 0 Å². The number of nitrogens with zero attached hydrogens (tertiary/aromatic N) is 1. The first-order chi connectivity index (χ1) is 7.81. The van der Waals surface area contributed by atoms with Crippen molar-refractivity contribution in [3.8, 4) is 5.75 Å². The molecule has 1 heterocycles. The third-order valence-electron chi connectivity index (χ3n) is 2.83. The molecule has 1 aliphatic carbocycles. The van der Waals surface area contributed by atoms with Crippen molar-refractivity contribution in [2.75, 3.05) is 13.7 Å². The molecule has 0 atom stereocenters. The van der Waals surface area contributed by atoms with Gasteiger partial charge in [-0.05, 0) is 31.7 Å². The molecule has 4 nitrogen and oxygen atoms in total. The molecule has 0 bridgehead atoms. The molecule has 0 unspecified atom stereocenters. The highest BCUT2D eigenvalue weighted by Gasteiger charge is 2.15. The molecule has 0 saturated heterocycles. The van der Waals surface area contributed by atoms with Crippen LogP contribution in [0.25, 0.3) is 0 Å². The van der Waals surface area contributed by atoms with E-state index in [0.717, 1.165) is 24.3 Å². The fourth-order valence-electron chi connectivity index (χ4n) is 1.94. The van der Waals surface area contributed by atoms with Gasteiger partial charge in [0.25, 0.3) is 5.91 Å². The smallest absolute Gasteiger partial charge is 0.257 e. The summed E-state index contributed by atoms with van der Waals surface area (Å²) in [6, 6.07) is 1.84. The largest absolute Gasteiger partial charge is 0.483 e. The van der Waals surface area contributed by atoms with Gasteiger partial charge in [-0.2, -0.15) is 0 Å². The highest BCUT2D eigenvalue weighted by atomic mass is 16.5. The second-order valence-corrected chi connectivity index (χ2v) is 3.90. The van der Waals surface area contributed by atoms with E-state index in [1.165, 1.54) is 18.4 Å². The summed E-state index contributed by atoms with van der Waals surface area (Å²) in [5, 5.41) is 2.54. The quantitative estimate of drug-likeness (QED) is 0.829. The van der Waals surface area contributed by atoms with Gasteiger partial charge in [0.1, 0.15) is 5.75 Å². The second-order valence-electron chi connectivity index (χ2n) is 3.90. The minimum atomic E-state index is -0.110. The number of rotatable bonds is 3. The maximum absolute atomic E-state index is 11.1. The van der Waals surface area contributed by atoms with Crippen LogP contribution in [0.4, 0.5) is 0 Å². The highest BCUT2D eigenvalue weighted by Crippen LogP contribution is 2.27. The number of ether oxygens (including phenoxy) is 1. The summed E-state index contributed by atoms with van der Waals surface area (Å²) in [6.45, 7) is 0.0763. The molecule has 4 heteroatoms. The first-order valence-corrected chi connectivity index (χ1v) is 5.61. The van der Waals surface area contributed by atoms with E-state index in [4.69, 9.17) is 4.74 Å². The second kappa shape index (κ2) is 4.96. The Labute approximate surface area is 95.0 Å². The first kappa shape index (κ1) is 10.9. The van der Waals surface area contributed by atoms with Crippen molar-refractivity contribution in [3.05, 3.63) is 23.5 Å². The van der Waals surface area contributed by atoms with Crippen LogP contribution in [0.15, 0.2) is 12.3 Å². The summed E-state index contributed by atoms with van der Waals surface area (Å²) in [6.07, 6.45) is 6.15. The number of likely N-dealkylation sites (N-methyl/N-ethyl adjacent to an activating group) is 1. The van der Waals surface area contributed by atoms with E-state index in [0.29, 0.717) is 0 Å². The Hall–Kier alpha value is -1.58.